The van der Waals surface area contributed by atoms with Gasteiger partial charge in [-0.1, -0.05) is 12.1 Å². The van der Waals surface area contributed by atoms with E-state index in [2.05, 4.69) is 21.6 Å². The lowest BCUT2D eigenvalue weighted by Crippen LogP contribution is -2.07. The summed E-state index contributed by atoms with van der Waals surface area (Å²) < 4.78 is 1.80. The van der Waals surface area contributed by atoms with Gasteiger partial charge in [0.2, 0.25) is 0 Å². The van der Waals surface area contributed by atoms with Gasteiger partial charge < -0.3 is 0 Å². The highest BCUT2D eigenvalue weighted by molar-refractivity contribution is 7.98. The molecule has 0 saturated carbocycles. The lowest BCUT2D eigenvalue weighted by atomic mass is 10.3. The van der Waals surface area contributed by atoms with Crippen molar-refractivity contribution in [2.75, 3.05) is 0 Å². The summed E-state index contributed by atoms with van der Waals surface area (Å²) in [6.45, 7) is 0. The van der Waals surface area contributed by atoms with Gasteiger partial charge in [-0.3, -0.25) is 0 Å². The first-order chi connectivity index (χ1) is 6.45. The van der Waals surface area contributed by atoms with Crippen LogP contribution in [0.1, 0.15) is 5.82 Å². The maximum atomic E-state index is 3.94. The van der Waals surface area contributed by atoms with Gasteiger partial charge in [-0.25, -0.2) is 0 Å². The number of fused-ring (bicyclic) bond motifs is 3. The predicted octanol–water partition coefficient (Wildman–Crippen LogP) is 1.27. The summed E-state index contributed by atoms with van der Waals surface area (Å²) in [6, 6.07) is 8.14. The summed E-state index contributed by atoms with van der Waals surface area (Å²) in [5.74, 6) is 1.77. The van der Waals surface area contributed by atoms with Crippen molar-refractivity contribution in [3.8, 4) is 5.69 Å². The second-order valence-corrected chi connectivity index (χ2v) is 3.78. The van der Waals surface area contributed by atoms with Gasteiger partial charge in [0.05, 0.1) is 11.4 Å². The first-order valence-electron chi connectivity index (χ1n) is 3.94. The number of rotatable bonds is 0. The van der Waals surface area contributed by atoms with Gasteiger partial charge in [0.1, 0.15) is 0 Å². The van der Waals surface area contributed by atoms with Crippen molar-refractivity contribution in [2.45, 2.75) is 10.6 Å². The highest BCUT2D eigenvalue weighted by Crippen LogP contribution is 2.32. The van der Waals surface area contributed by atoms with Crippen molar-refractivity contribution < 1.29 is 0 Å². The molecule has 2 heterocycles. The molecule has 4 nitrogen and oxygen atoms in total. The number of nitrogens with zero attached hydrogens (tertiary/aromatic N) is 4. The standard InChI is InChI=1S/C8H6N4S/c1-2-4-7-6(3-1)12-8(5-13-7)9-10-11-12/h1-4H,5H2. The zero-order valence-electron chi connectivity index (χ0n) is 6.71. The number of tetrazole rings is 1. The smallest absolute Gasteiger partial charge is 0.166 e. The Kier molecular flexibility index (Phi) is 1.40. The zero-order valence-corrected chi connectivity index (χ0v) is 7.53. The predicted molar refractivity (Wildman–Crippen MR) is 48.7 cm³/mol. The normalized spacial score (nSPS) is 13.5. The highest BCUT2D eigenvalue weighted by atomic mass is 32.2. The molecule has 1 aliphatic rings. The first kappa shape index (κ1) is 7.08. The molecule has 0 saturated heterocycles. The van der Waals surface area contributed by atoms with Crippen LogP contribution in [0.4, 0.5) is 0 Å². The summed E-state index contributed by atoms with van der Waals surface area (Å²) in [5, 5.41) is 11.5. The Bertz CT molecular complexity index is 451. The molecule has 0 aliphatic carbocycles. The van der Waals surface area contributed by atoms with Gasteiger partial charge in [0.25, 0.3) is 0 Å². The van der Waals surface area contributed by atoms with Gasteiger partial charge in [-0.15, -0.1) is 16.9 Å². The fraction of sp³-hybridized carbons (Fsp3) is 0.125. The Morgan fingerprint density at radius 1 is 1.31 bits per heavy atom. The van der Waals surface area contributed by atoms with Crippen molar-refractivity contribution in [1.82, 2.24) is 20.2 Å². The van der Waals surface area contributed by atoms with Crippen molar-refractivity contribution in [2.24, 2.45) is 0 Å². The third-order valence-corrected chi connectivity index (χ3v) is 3.04. The van der Waals surface area contributed by atoms with Crippen molar-refractivity contribution in [3.05, 3.63) is 30.1 Å². The molecule has 0 spiro atoms. The van der Waals surface area contributed by atoms with Crippen LogP contribution >= 0.6 is 11.8 Å². The van der Waals surface area contributed by atoms with Gasteiger partial charge in [-0.05, 0) is 22.6 Å². The Morgan fingerprint density at radius 2 is 2.23 bits per heavy atom. The van der Waals surface area contributed by atoms with E-state index in [4.69, 9.17) is 0 Å². The van der Waals surface area contributed by atoms with Crippen LogP contribution in [0.3, 0.4) is 0 Å². The molecule has 64 valence electrons. The number of benzene rings is 1. The topological polar surface area (TPSA) is 43.6 Å². The van der Waals surface area contributed by atoms with Crippen LogP contribution < -0.4 is 0 Å². The number of hydrogen-bond acceptors (Lipinski definition) is 4. The average Bonchev–Trinajstić information content (AvgIpc) is 2.65. The van der Waals surface area contributed by atoms with E-state index in [1.807, 2.05) is 18.2 Å². The molecule has 1 aromatic carbocycles. The van der Waals surface area contributed by atoms with Gasteiger partial charge in [-0.2, -0.15) is 4.68 Å². The number of hydrogen-bond donors (Lipinski definition) is 0. The Morgan fingerprint density at radius 3 is 3.23 bits per heavy atom. The van der Waals surface area contributed by atoms with Crippen LogP contribution in [0, 0.1) is 0 Å². The molecular formula is C8H6N4S. The summed E-state index contributed by atoms with van der Waals surface area (Å²) in [4.78, 5) is 1.24. The molecule has 0 fully saturated rings. The molecule has 3 rings (SSSR count). The van der Waals surface area contributed by atoms with Crippen LogP contribution in [0.15, 0.2) is 29.2 Å². The van der Waals surface area contributed by atoms with E-state index in [0.717, 1.165) is 17.3 Å². The van der Waals surface area contributed by atoms with Crippen LogP contribution in [-0.4, -0.2) is 20.2 Å². The quantitative estimate of drug-likeness (QED) is 0.627. The molecule has 0 bridgehead atoms. The van der Waals surface area contributed by atoms with Crippen molar-refractivity contribution in [3.63, 3.8) is 0 Å². The second-order valence-electron chi connectivity index (χ2n) is 2.76. The average molecular weight is 190 g/mol. The molecule has 0 atom stereocenters. The van der Waals surface area contributed by atoms with E-state index in [9.17, 15) is 0 Å². The molecule has 5 heteroatoms. The minimum Gasteiger partial charge on any atom is -0.195 e. The minimum absolute atomic E-state index is 0.851. The van der Waals surface area contributed by atoms with Crippen LogP contribution in [0.2, 0.25) is 0 Å². The van der Waals surface area contributed by atoms with Crippen molar-refractivity contribution >= 4 is 11.8 Å². The monoisotopic (exact) mass is 190 g/mol. The Balaban J connectivity index is 2.30. The molecule has 0 unspecified atom stereocenters. The van der Waals surface area contributed by atoms with E-state index in [1.165, 1.54) is 4.90 Å². The molecule has 13 heavy (non-hydrogen) atoms. The third kappa shape index (κ3) is 0.968. The highest BCUT2D eigenvalue weighted by Gasteiger charge is 2.17. The Labute approximate surface area is 79.0 Å². The van der Waals surface area contributed by atoms with Crippen molar-refractivity contribution in [1.29, 1.82) is 0 Å². The maximum absolute atomic E-state index is 3.94. The first-order valence-corrected chi connectivity index (χ1v) is 4.93. The Hall–Kier alpha value is -1.36. The van der Waals surface area contributed by atoms with E-state index < -0.39 is 0 Å². The largest absolute Gasteiger partial charge is 0.195 e. The van der Waals surface area contributed by atoms with E-state index in [1.54, 1.807) is 16.4 Å². The molecule has 2 aromatic rings. The van der Waals surface area contributed by atoms with Gasteiger partial charge in [0, 0.05) is 4.90 Å². The SMILES string of the molecule is c1ccc2c(c1)SCc1nnnn1-2. The second kappa shape index (κ2) is 2.56. The summed E-state index contributed by atoms with van der Waals surface area (Å²) in [6.07, 6.45) is 0. The number of thioether (sulfide) groups is 1. The van der Waals surface area contributed by atoms with E-state index >= 15 is 0 Å². The van der Waals surface area contributed by atoms with Crippen LogP contribution in [0.25, 0.3) is 5.69 Å². The van der Waals surface area contributed by atoms with E-state index in [-0.39, 0.29) is 0 Å². The van der Waals surface area contributed by atoms with Crippen LogP contribution in [0.5, 0.6) is 0 Å². The molecule has 0 amide bonds. The molecule has 0 N–H and O–H groups in total. The zero-order chi connectivity index (χ0) is 8.67. The summed E-state index contributed by atoms with van der Waals surface area (Å²) in [7, 11) is 0. The number of aromatic nitrogens is 4. The fourth-order valence-corrected chi connectivity index (χ4v) is 2.32. The molecule has 1 aliphatic heterocycles. The fourth-order valence-electron chi connectivity index (χ4n) is 1.38. The molecule has 1 aromatic heterocycles. The summed E-state index contributed by atoms with van der Waals surface area (Å²) >= 11 is 1.77. The maximum Gasteiger partial charge on any atom is 0.166 e. The number of para-hydroxylation sites is 1. The van der Waals surface area contributed by atoms with E-state index in [0.29, 0.717) is 0 Å². The van der Waals surface area contributed by atoms with Gasteiger partial charge >= 0.3 is 0 Å². The molecule has 0 radical (unpaired) electrons. The third-order valence-electron chi connectivity index (χ3n) is 1.98. The lowest BCUT2D eigenvalue weighted by Gasteiger charge is -2.14. The molecular weight excluding hydrogens is 184 g/mol. The summed E-state index contributed by atoms with van der Waals surface area (Å²) in [5.41, 5.74) is 1.08. The minimum atomic E-state index is 0.851. The lowest BCUT2D eigenvalue weighted by molar-refractivity contribution is 0.761. The van der Waals surface area contributed by atoms with Crippen LogP contribution in [-0.2, 0) is 5.75 Å². The van der Waals surface area contributed by atoms with Gasteiger partial charge in [0.15, 0.2) is 5.82 Å².